The number of ether oxygens (including phenoxy) is 1. The molecule has 0 saturated carbocycles. The molecule has 0 radical (unpaired) electrons. The van der Waals surface area contributed by atoms with E-state index in [1.54, 1.807) is 0 Å². The van der Waals surface area contributed by atoms with Crippen LogP contribution in [0.4, 0.5) is 0 Å². The third-order valence-corrected chi connectivity index (χ3v) is 5.76. The molecule has 0 fully saturated rings. The quantitative estimate of drug-likeness (QED) is 0.338. The highest BCUT2D eigenvalue weighted by Gasteiger charge is 2.19. The SMILES string of the molecule is COC(=O)c1cccc2c1c(-c1cncc(-c3cccc(Cl)c3)c1)cn2CCCN(C)C. The van der Waals surface area contributed by atoms with Crippen molar-refractivity contribution in [3.8, 4) is 22.3 Å². The maximum absolute atomic E-state index is 12.6. The molecule has 0 unspecified atom stereocenters. The third kappa shape index (κ3) is 4.54. The van der Waals surface area contributed by atoms with Crippen molar-refractivity contribution in [3.63, 3.8) is 0 Å². The number of esters is 1. The number of benzene rings is 2. The molecule has 32 heavy (non-hydrogen) atoms. The zero-order chi connectivity index (χ0) is 22.7. The van der Waals surface area contributed by atoms with Gasteiger partial charge in [0.1, 0.15) is 0 Å². The molecule has 164 valence electrons. The predicted octanol–water partition coefficient (Wildman–Crippen LogP) is 5.76. The number of carbonyl (C=O) groups is 1. The summed E-state index contributed by atoms with van der Waals surface area (Å²) in [5.41, 5.74) is 5.43. The first-order valence-electron chi connectivity index (χ1n) is 10.5. The van der Waals surface area contributed by atoms with Crippen LogP contribution in [-0.4, -0.2) is 48.2 Å². The zero-order valence-electron chi connectivity index (χ0n) is 18.5. The van der Waals surface area contributed by atoms with Crippen molar-refractivity contribution in [2.45, 2.75) is 13.0 Å². The van der Waals surface area contributed by atoms with Crippen molar-refractivity contribution in [1.29, 1.82) is 0 Å². The van der Waals surface area contributed by atoms with Crippen LogP contribution in [0.1, 0.15) is 16.8 Å². The molecule has 4 rings (SSSR count). The van der Waals surface area contributed by atoms with Gasteiger partial charge in [0.15, 0.2) is 0 Å². The summed E-state index contributed by atoms with van der Waals surface area (Å²) in [5.74, 6) is -0.346. The third-order valence-electron chi connectivity index (χ3n) is 5.52. The van der Waals surface area contributed by atoms with Crippen molar-refractivity contribution < 1.29 is 9.53 Å². The van der Waals surface area contributed by atoms with E-state index in [2.05, 4.69) is 46.9 Å². The Kier molecular flexibility index (Phi) is 6.58. The van der Waals surface area contributed by atoms with E-state index in [1.807, 2.05) is 48.8 Å². The fourth-order valence-electron chi connectivity index (χ4n) is 4.01. The summed E-state index contributed by atoms with van der Waals surface area (Å²) in [6.45, 7) is 1.83. The Balaban J connectivity index is 1.86. The normalized spacial score (nSPS) is 11.3. The fourth-order valence-corrected chi connectivity index (χ4v) is 4.20. The van der Waals surface area contributed by atoms with Gasteiger partial charge < -0.3 is 14.2 Å². The molecule has 0 amide bonds. The second kappa shape index (κ2) is 9.55. The molecule has 4 aromatic rings. The van der Waals surface area contributed by atoms with Gasteiger partial charge in [-0.05, 0) is 63.0 Å². The van der Waals surface area contributed by atoms with Crippen molar-refractivity contribution in [3.05, 3.63) is 77.7 Å². The number of fused-ring (bicyclic) bond motifs is 1. The van der Waals surface area contributed by atoms with Gasteiger partial charge in [-0.2, -0.15) is 0 Å². The number of pyridine rings is 1. The minimum absolute atomic E-state index is 0.346. The number of carbonyl (C=O) groups excluding carboxylic acids is 1. The van der Waals surface area contributed by atoms with Gasteiger partial charge in [-0.15, -0.1) is 0 Å². The summed E-state index contributed by atoms with van der Waals surface area (Å²) in [6, 6.07) is 15.6. The molecule has 0 aliphatic rings. The first-order chi connectivity index (χ1) is 15.5. The zero-order valence-corrected chi connectivity index (χ0v) is 19.3. The highest BCUT2D eigenvalue weighted by atomic mass is 35.5. The second-order valence-electron chi connectivity index (χ2n) is 8.06. The molecule has 0 aliphatic heterocycles. The topological polar surface area (TPSA) is 47.4 Å². The van der Waals surface area contributed by atoms with Crippen LogP contribution in [0.2, 0.25) is 5.02 Å². The van der Waals surface area contributed by atoms with E-state index in [1.165, 1.54) is 7.11 Å². The number of methoxy groups -OCH3 is 1. The Morgan fingerprint density at radius 1 is 1.06 bits per heavy atom. The van der Waals surface area contributed by atoms with Gasteiger partial charge in [0.25, 0.3) is 0 Å². The first kappa shape index (κ1) is 22.1. The van der Waals surface area contributed by atoms with Crippen molar-refractivity contribution in [2.75, 3.05) is 27.7 Å². The van der Waals surface area contributed by atoms with Gasteiger partial charge in [0, 0.05) is 57.8 Å². The van der Waals surface area contributed by atoms with Crippen molar-refractivity contribution in [2.24, 2.45) is 0 Å². The minimum Gasteiger partial charge on any atom is -0.465 e. The van der Waals surface area contributed by atoms with E-state index < -0.39 is 0 Å². The Bertz CT molecular complexity index is 1260. The molecule has 2 heterocycles. The van der Waals surface area contributed by atoms with Crippen LogP contribution in [0, 0.1) is 0 Å². The van der Waals surface area contributed by atoms with E-state index in [4.69, 9.17) is 16.3 Å². The van der Waals surface area contributed by atoms with E-state index >= 15 is 0 Å². The molecule has 0 atom stereocenters. The van der Waals surface area contributed by atoms with Crippen LogP contribution in [0.5, 0.6) is 0 Å². The monoisotopic (exact) mass is 447 g/mol. The molecular formula is C26H26ClN3O2. The number of hydrogen-bond acceptors (Lipinski definition) is 4. The van der Waals surface area contributed by atoms with Crippen LogP contribution >= 0.6 is 11.6 Å². The summed E-state index contributed by atoms with van der Waals surface area (Å²) >= 11 is 6.20. The molecule has 0 spiro atoms. The predicted molar refractivity (Wildman–Crippen MR) is 130 cm³/mol. The van der Waals surface area contributed by atoms with Gasteiger partial charge in [-0.3, -0.25) is 4.98 Å². The standard InChI is InChI=1S/C26H26ClN3O2/c1-29(2)11-6-12-30-17-23(25-22(26(31)32-3)9-5-10-24(25)30)20-13-19(15-28-16-20)18-7-4-8-21(27)14-18/h4-5,7-10,13-17H,6,11-12H2,1-3H3. The van der Waals surface area contributed by atoms with Crippen LogP contribution < -0.4 is 0 Å². The largest absolute Gasteiger partial charge is 0.465 e. The molecule has 0 bridgehead atoms. The first-order valence-corrected chi connectivity index (χ1v) is 10.9. The number of hydrogen-bond donors (Lipinski definition) is 0. The average molecular weight is 448 g/mol. The van der Waals surface area contributed by atoms with E-state index in [9.17, 15) is 4.79 Å². The Hall–Kier alpha value is -3.15. The van der Waals surface area contributed by atoms with Crippen molar-refractivity contribution in [1.82, 2.24) is 14.5 Å². The summed E-state index contributed by atoms with van der Waals surface area (Å²) in [4.78, 5) is 19.2. The van der Waals surface area contributed by atoms with Gasteiger partial charge in [0.2, 0.25) is 0 Å². The van der Waals surface area contributed by atoms with E-state index in [0.717, 1.165) is 52.7 Å². The Morgan fingerprint density at radius 3 is 2.59 bits per heavy atom. The molecule has 0 aliphatic carbocycles. The number of aryl methyl sites for hydroxylation is 1. The van der Waals surface area contributed by atoms with Gasteiger partial charge in [0.05, 0.1) is 12.7 Å². The molecule has 0 N–H and O–H groups in total. The fraction of sp³-hybridized carbons (Fsp3) is 0.231. The molecular weight excluding hydrogens is 422 g/mol. The summed E-state index contributed by atoms with van der Waals surface area (Å²) in [6.07, 6.45) is 6.78. The molecule has 2 aromatic carbocycles. The summed E-state index contributed by atoms with van der Waals surface area (Å²) in [5, 5.41) is 1.56. The average Bonchev–Trinajstić information content (AvgIpc) is 3.17. The van der Waals surface area contributed by atoms with Gasteiger partial charge in [-0.25, -0.2) is 4.79 Å². The molecule has 6 heteroatoms. The maximum Gasteiger partial charge on any atom is 0.338 e. The smallest absolute Gasteiger partial charge is 0.338 e. The van der Waals surface area contributed by atoms with Crippen LogP contribution in [0.25, 0.3) is 33.2 Å². The highest BCUT2D eigenvalue weighted by Crippen LogP contribution is 2.35. The number of rotatable bonds is 7. The summed E-state index contributed by atoms with van der Waals surface area (Å²) < 4.78 is 7.29. The van der Waals surface area contributed by atoms with Gasteiger partial charge in [-0.1, -0.05) is 29.8 Å². The van der Waals surface area contributed by atoms with E-state index in [0.29, 0.717) is 10.6 Å². The van der Waals surface area contributed by atoms with E-state index in [-0.39, 0.29) is 5.97 Å². The Morgan fingerprint density at radius 2 is 1.84 bits per heavy atom. The lowest BCUT2D eigenvalue weighted by molar-refractivity contribution is 0.0603. The van der Waals surface area contributed by atoms with Crippen LogP contribution in [0.15, 0.2) is 67.1 Å². The lowest BCUT2D eigenvalue weighted by Gasteiger charge is -2.10. The molecule has 0 saturated heterocycles. The lowest BCUT2D eigenvalue weighted by atomic mass is 9.99. The molecule has 5 nitrogen and oxygen atoms in total. The summed E-state index contributed by atoms with van der Waals surface area (Å²) in [7, 11) is 5.55. The van der Waals surface area contributed by atoms with Crippen molar-refractivity contribution >= 4 is 28.5 Å². The van der Waals surface area contributed by atoms with Crippen LogP contribution in [-0.2, 0) is 11.3 Å². The number of halogens is 1. The van der Waals surface area contributed by atoms with Crippen LogP contribution in [0.3, 0.4) is 0 Å². The number of aromatic nitrogens is 2. The molecule has 2 aromatic heterocycles. The minimum atomic E-state index is -0.346. The highest BCUT2D eigenvalue weighted by molar-refractivity contribution is 6.30. The maximum atomic E-state index is 12.6. The van der Waals surface area contributed by atoms with Gasteiger partial charge >= 0.3 is 5.97 Å². The second-order valence-corrected chi connectivity index (χ2v) is 8.49. The Labute approximate surface area is 193 Å². The number of nitrogens with zero attached hydrogens (tertiary/aromatic N) is 3. The lowest BCUT2D eigenvalue weighted by Crippen LogP contribution is -2.14.